The van der Waals surface area contributed by atoms with Gasteiger partial charge in [0, 0.05) is 18.0 Å². The Labute approximate surface area is 169 Å². The highest BCUT2D eigenvalue weighted by Crippen LogP contribution is 2.29. The largest absolute Gasteiger partial charge is 0.460 e. The van der Waals surface area contributed by atoms with Crippen LogP contribution in [0.15, 0.2) is 12.3 Å². The lowest BCUT2D eigenvalue weighted by Crippen LogP contribution is -2.30. The van der Waals surface area contributed by atoms with Gasteiger partial charge in [-0.2, -0.15) is 0 Å². The summed E-state index contributed by atoms with van der Waals surface area (Å²) < 4.78 is 18.7. The van der Waals surface area contributed by atoms with Gasteiger partial charge in [-0.25, -0.2) is 19.3 Å². The molecule has 0 amide bonds. The summed E-state index contributed by atoms with van der Waals surface area (Å²) in [4.78, 5) is 24.9. The lowest BCUT2D eigenvalue weighted by molar-refractivity contribution is -0.156. The van der Waals surface area contributed by atoms with Gasteiger partial charge < -0.3 is 10.1 Å². The summed E-state index contributed by atoms with van der Waals surface area (Å²) in [7, 11) is 0. The van der Waals surface area contributed by atoms with Gasteiger partial charge in [0.2, 0.25) is 5.95 Å². The molecule has 1 fully saturated rings. The molecular weight excluding hydrogens is 383 g/mol. The van der Waals surface area contributed by atoms with E-state index in [9.17, 15) is 9.18 Å². The van der Waals surface area contributed by atoms with Crippen LogP contribution >= 0.6 is 11.6 Å². The van der Waals surface area contributed by atoms with Crippen LogP contribution in [0.5, 0.6) is 0 Å². The molecule has 0 unspecified atom stereocenters. The van der Waals surface area contributed by atoms with Crippen molar-refractivity contribution >= 4 is 34.6 Å². The van der Waals surface area contributed by atoms with Crippen molar-refractivity contribution in [3.8, 4) is 0 Å². The smallest absolute Gasteiger partial charge is 0.306 e. The summed E-state index contributed by atoms with van der Waals surface area (Å²) in [6.45, 7) is 4.98. The van der Waals surface area contributed by atoms with E-state index < -0.39 is 12.3 Å². The highest BCUT2D eigenvalue weighted by atomic mass is 35.5. The van der Waals surface area contributed by atoms with Crippen molar-refractivity contribution in [2.45, 2.75) is 71.2 Å². The Bertz CT molecular complexity index is 848. The minimum absolute atomic E-state index is 0.133. The summed E-state index contributed by atoms with van der Waals surface area (Å²) in [5.41, 5.74) is 0.914. The molecule has 0 atom stereocenters. The molecule has 0 saturated heterocycles. The fraction of sp³-hybridized carbons (Fsp3) is 0.600. The first kappa shape index (κ1) is 20.7. The number of fused-ring (bicyclic) bond motifs is 1. The van der Waals surface area contributed by atoms with E-state index in [4.69, 9.17) is 16.3 Å². The number of alkyl halides is 1. The first-order valence-electron chi connectivity index (χ1n) is 9.60. The minimum Gasteiger partial charge on any atom is -0.460 e. The first-order valence-corrected chi connectivity index (χ1v) is 9.98. The molecule has 28 heavy (non-hydrogen) atoms. The van der Waals surface area contributed by atoms with Crippen molar-refractivity contribution in [3.63, 3.8) is 0 Å². The molecule has 0 spiro atoms. The van der Waals surface area contributed by atoms with Gasteiger partial charge in [-0.3, -0.25) is 4.79 Å². The van der Waals surface area contributed by atoms with Crippen LogP contribution in [0.25, 0.3) is 11.0 Å². The molecule has 3 rings (SSSR count). The number of esters is 1. The van der Waals surface area contributed by atoms with Gasteiger partial charge in [-0.1, -0.05) is 11.6 Å². The van der Waals surface area contributed by atoms with Crippen molar-refractivity contribution in [1.29, 1.82) is 0 Å². The molecule has 1 N–H and O–H groups in total. The number of hydrogen-bond acceptors (Lipinski definition) is 6. The van der Waals surface area contributed by atoms with Gasteiger partial charge in [0.1, 0.15) is 28.5 Å². The maximum atomic E-state index is 13.3. The van der Waals surface area contributed by atoms with Crippen LogP contribution in [0.4, 0.5) is 10.3 Å². The van der Waals surface area contributed by atoms with Gasteiger partial charge in [-0.15, -0.1) is 0 Å². The van der Waals surface area contributed by atoms with Gasteiger partial charge in [-0.05, 0) is 58.4 Å². The van der Waals surface area contributed by atoms with E-state index in [1.165, 1.54) is 6.07 Å². The molecule has 1 aliphatic carbocycles. The van der Waals surface area contributed by atoms with Crippen molar-refractivity contribution in [3.05, 3.63) is 23.0 Å². The van der Waals surface area contributed by atoms with Gasteiger partial charge >= 0.3 is 5.97 Å². The number of anilines is 1. The lowest BCUT2D eigenvalue weighted by atomic mass is 9.84. The number of halogens is 2. The molecule has 0 radical (unpaired) electrons. The molecule has 152 valence electrons. The van der Waals surface area contributed by atoms with E-state index in [1.54, 1.807) is 6.20 Å². The number of hydrogen-bond donors (Lipinski definition) is 1. The predicted octanol–water partition coefficient (Wildman–Crippen LogP) is 4.85. The molecule has 0 bridgehead atoms. The van der Waals surface area contributed by atoms with Crippen LogP contribution in [0.3, 0.4) is 0 Å². The average molecular weight is 409 g/mol. The van der Waals surface area contributed by atoms with E-state index in [2.05, 4.69) is 20.3 Å². The number of pyridine rings is 1. The number of aromatic nitrogens is 3. The Kier molecular flexibility index (Phi) is 6.33. The normalized spacial score (nSPS) is 20.2. The van der Waals surface area contributed by atoms with Gasteiger partial charge in [0.15, 0.2) is 0 Å². The highest BCUT2D eigenvalue weighted by Gasteiger charge is 2.26. The second-order valence-electron chi connectivity index (χ2n) is 8.32. The summed E-state index contributed by atoms with van der Waals surface area (Å²) >= 11 is 5.90. The number of carbonyl (C=O) groups excluding carboxylic acids is 1. The third-order valence-corrected chi connectivity index (χ3v) is 4.99. The number of carbonyl (C=O) groups is 1. The standard InChI is InChI=1S/C20H26ClFN4O2/c1-20(2,3)28-17(27)8-12-4-6-14(7-5-12)24-19-23-11-15-18(26-19)13(10-22)9-16(21)25-15/h9,11-12,14H,4-8,10H2,1-3H3,(H,23,24,26). The van der Waals surface area contributed by atoms with Crippen LogP contribution in [0, 0.1) is 5.92 Å². The second-order valence-corrected chi connectivity index (χ2v) is 8.70. The maximum Gasteiger partial charge on any atom is 0.306 e. The van der Waals surface area contributed by atoms with E-state index in [1.807, 2.05) is 20.8 Å². The molecule has 1 aliphatic rings. The number of rotatable bonds is 5. The fourth-order valence-corrected chi connectivity index (χ4v) is 3.76. The number of ether oxygens (including phenoxy) is 1. The third-order valence-electron chi connectivity index (χ3n) is 4.79. The minimum atomic E-state index is -0.662. The summed E-state index contributed by atoms with van der Waals surface area (Å²) in [5, 5.41) is 3.56. The Balaban J connectivity index is 1.57. The predicted molar refractivity (Wildman–Crippen MR) is 107 cm³/mol. The van der Waals surface area contributed by atoms with Crippen LogP contribution in [-0.2, 0) is 16.2 Å². The lowest BCUT2D eigenvalue weighted by Gasteiger charge is -2.29. The summed E-state index contributed by atoms with van der Waals surface area (Å²) in [5.74, 6) is 0.670. The quantitative estimate of drug-likeness (QED) is 0.562. The van der Waals surface area contributed by atoms with E-state index in [0.29, 0.717) is 34.9 Å². The van der Waals surface area contributed by atoms with Crippen molar-refractivity contribution in [2.75, 3.05) is 5.32 Å². The van der Waals surface area contributed by atoms with Crippen LogP contribution in [0.1, 0.15) is 58.4 Å². The number of nitrogens with zero attached hydrogens (tertiary/aromatic N) is 3. The molecule has 6 nitrogen and oxygen atoms in total. The monoisotopic (exact) mass is 408 g/mol. The first-order chi connectivity index (χ1) is 13.2. The van der Waals surface area contributed by atoms with Gasteiger partial charge in [0.05, 0.1) is 6.20 Å². The SMILES string of the molecule is CC(C)(C)OC(=O)CC1CCC(Nc2ncc3nc(Cl)cc(CF)c3n2)CC1. The zero-order valence-corrected chi connectivity index (χ0v) is 17.2. The van der Waals surface area contributed by atoms with E-state index in [-0.39, 0.29) is 17.2 Å². The highest BCUT2D eigenvalue weighted by molar-refractivity contribution is 6.29. The van der Waals surface area contributed by atoms with Crippen molar-refractivity contribution in [2.24, 2.45) is 5.92 Å². The molecule has 8 heteroatoms. The summed E-state index contributed by atoms with van der Waals surface area (Å²) in [6, 6.07) is 1.71. The Morgan fingerprint density at radius 1 is 1.29 bits per heavy atom. The summed E-state index contributed by atoms with van der Waals surface area (Å²) in [6.07, 6.45) is 5.74. The average Bonchev–Trinajstić information content (AvgIpc) is 2.61. The Hall–Kier alpha value is -2.02. The topological polar surface area (TPSA) is 77.0 Å². The number of nitrogens with one attached hydrogen (secondary N) is 1. The van der Waals surface area contributed by atoms with Crippen LogP contribution in [-0.4, -0.2) is 32.6 Å². The molecule has 0 aromatic carbocycles. The van der Waals surface area contributed by atoms with Crippen molar-refractivity contribution < 1.29 is 13.9 Å². The third kappa shape index (κ3) is 5.50. The van der Waals surface area contributed by atoms with Crippen molar-refractivity contribution in [1.82, 2.24) is 15.0 Å². The molecular formula is C20H26ClFN4O2. The molecule has 2 aromatic heterocycles. The van der Waals surface area contributed by atoms with E-state index in [0.717, 1.165) is 25.7 Å². The molecule has 1 saturated carbocycles. The Morgan fingerprint density at radius 2 is 2.00 bits per heavy atom. The zero-order valence-electron chi connectivity index (χ0n) is 16.5. The Morgan fingerprint density at radius 3 is 2.64 bits per heavy atom. The second kappa shape index (κ2) is 8.55. The van der Waals surface area contributed by atoms with Crippen LogP contribution in [0.2, 0.25) is 5.15 Å². The molecule has 2 heterocycles. The van der Waals surface area contributed by atoms with E-state index >= 15 is 0 Å². The van der Waals surface area contributed by atoms with Gasteiger partial charge in [0.25, 0.3) is 0 Å². The maximum absolute atomic E-state index is 13.3. The van der Waals surface area contributed by atoms with Crippen LogP contribution < -0.4 is 5.32 Å². The fourth-order valence-electron chi connectivity index (χ4n) is 3.54. The molecule has 0 aliphatic heterocycles. The molecule has 2 aromatic rings. The zero-order chi connectivity index (χ0) is 20.3.